The minimum absolute atomic E-state index is 0.649. The van der Waals surface area contributed by atoms with Crippen molar-refractivity contribution in [2.45, 2.75) is 0 Å². The molecule has 26 heteroatoms. The average Bonchev–Trinajstić information content (AvgIpc) is 2.99. The van der Waals surface area contributed by atoms with Gasteiger partial charge in [-0.1, -0.05) is 0 Å². The molecule has 0 spiro atoms. The van der Waals surface area contributed by atoms with Gasteiger partial charge < -0.3 is 47.4 Å². The molecule has 280 valence electrons. The predicted octanol–water partition coefficient (Wildman–Crippen LogP) is 6.98. The number of ether oxygens (including phenoxy) is 10. The van der Waals surface area contributed by atoms with Crippen LogP contribution >= 0.6 is 92.8 Å². The molecule has 18 nitrogen and oxygen atoms in total. The van der Waals surface area contributed by atoms with Crippen LogP contribution < -0.4 is 0 Å². The topological polar surface area (TPSA) is 229 Å². The number of halogens is 8. The van der Waals surface area contributed by atoms with E-state index in [2.05, 4.69) is 0 Å². The van der Waals surface area contributed by atoms with Crippen LogP contribution in [0.15, 0.2) is 0 Å². The lowest BCUT2D eigenvalue weighted by Crippen LogP contribution is -2.48. The first-order chi connectivity index (χ1) is 22.7. The Kier molecular flexibility index (Phi) is 23.2. The lowest BCUT2D eigenvalue weighted by Gasteiger charge is -2.36. The molecule has 0 bridgehead atoms. The summed E-state index contributed by atoms with van der Waals surface area (Å²) in [6.07, 6.45) is 0. The Labute approximate surface area is 316 Å². The minimum Gasteiger partial charge on any atom is -0.453 e. The number of carbonyl (C=O) groups excluding carboxylic acids is 8. The molecule has 0 heterocycles. The molecule has 0 aromatic rings. The molecule has 0 aromatic heterocycles. The maximum Gasteiger partial charge on any atom is 0.403 e. The summed E-state index contributed by atoms with van der Waals surface area (Å²) in [6, 6.07) is 0. The van der Waals surface area contributed by atoms with Crippen LogP contribution in [-0.2, 0) is 47.4 Å². The zero-order chi connectivity index (χ0) is 37.7. The van der Waals surface area contributed by atoms with Gasteiger partial charge in [0.05, 0.1) is 42.7 Å². The Balaban J connectivity index is 6.55. The molecular formula is C23H24Cl8O18. The van der Waals surface area contributed by atoms with Gasteiger partial charge in [-0.25, -0.2) is 38.4 Å². The minimum atomic E-state index is -1.77. The predicted molar refractivity (Wildman–Crippen MR) is 167 cm³/mol. The Morgan fingerprint density at radius 2 is 0.388 bits per heavy atom. The van der Waals surface area contributed by atoms with Gasteiger partial charge in [0, 0.05) is 92.8 Å². The third-order valence-corrected chi connectivity index (χ3v) is 6.44. The second kappa shape index (κ2) is 24.2. The number of hydrogen-bond donors (Lipinski definition) is 0. The molecule has 0 aliphatic heterocycles. The standard InChI is InChI=1S/C23H24Cl8O18/c24-13(32)42-5-21(6-43-14(25)33,1-40-3-22(7-44-15(26)34,8-45-16(27)35)9-46-17(28)36)2-41-4-23(10-47-18(29)37,11-48-19(30)38)12-49-20(31)39/h1-12H2. The van der Waals surface area contributed by atoms with E-state index in [0.29, 0.717) is 0 Å². The van der Waals surface area contributed by atoms with Crippen LogP contribution in [0, 0.1) is 16.2 Å². The van der Waals surface area contributed by atoms with Gasteiger partial charge in [-0.3, -0.25) is 0 Å². The first kappa shape index (κ1) is 47.0. The summed E-state index contributed by atoms with van der Waals surface area (Å²) in [6.45, 7) is -8.42. The quantitative estimate of drug-likeness (QED) is 0.0703. The first-order valence-corrected chi connectivity index (χ1v) is 15.5. The van der Waals surface area contributed by atoms with Gasteiger partial charge in [0.15, 0.2) is 0 Å². The largest absolute Gasteiger partial charge is 0.453 e. The monoisotopic (exact) mass is 868 g/mol. The van der Waals surface area contributed by atoms with E-state index in [-0.39, 0.29) is 0 Å². The van der Waals surface area contributed by atoms with Crippen molar-refractivity contribution in [2.75, 3.05) is 79.3 Å². The lowest BCUT2D eigenvalue weighted by atomic mass is 9.89. The van der Waals surface area contributed by atoms with Gasteiger partial charge in [-0.15, -0.1) is 0 Å². The smallest absolute Gasteiger partial charge is 0.403 e. The van der Waals surface area contributed by atoms with E-state index < -0.39 is 139 Å². The van der Waals surface area contributed by atoms with E-state index in [4.69, 9.17) is 140 Å². The van der Waals surface area contributed by atoms with Gasteiger partial charge in [0.1, 0.15) is 52.9 Å². The number of hydrogen-bond acceptors (Lipinski definition) is 18. The van der Waals surface area contributed by atoms with E-state index in [1.807, 2.05) is 0 Å². The van der Waals surface area contributed by atoms with Crippen molar-refractivity contribution >= 4 is 136 Å². The van der Waals surface area contributed by atoms with Crippen LogP contribution in [0.25, 0.3) is 0 Å². The zero-order valence-corrected chi connectivity index (χ0v) is 30.4. The van der Waals surface area contributed by atoms with Crippen LogP contribution in [0.3, 0.4) is 0 Å². The summed E-state index contributed by atoms with van der Waals surface area (Å²) in [7, 11) is 0. The average molecular weight is 872 g/mol. The second-order valence-corrected chi connectivity index (χ2v) is 12.2. The maximum atomic E-state index is 11.6. The Morgan fingerprint density at radius 1 is 0.265 bits per heavy atom. The number of carbonyl (C=O) groups is 8. The summed E-state index contributed by atoms with van der Waals surface area (Å²) in [5.41, 5.74) is -15.9. The van der Waals surface area contributed by atoms with E-state index in [9.17, 15) is 38.4 Å². The van der Waals surface area contributed by atoms with Crippen LogP contribution in [-0.4, -0.2) is 123 Å². The molecule has 0 aliphatic rings. The zero-order valence-electron chi connectivity index (χ0n) is 24.4. The van der Waals surface area contributed by atoms with Crippen molar-refractivity contribution < 1.29 is 85.7 Å². The van der Waals surface area contributed by atoms with Crippen molar-refractivity contribution in [2.24, 2.45) is 16.2 Å². The molecule has 0 amide bonds. The molecule has 0 N–H and O–H groups in total. The van der Waals surface area contributed by atoms with E-state index >= 15 is 0 Å². The fraction of sp³-hybridized carbons (Fsp3) is 0.652. The van der Waals surface area contributed by atoms with Crippen LogP contribution in [0.1, 0.15) is 0 Å². The Hall–Kier alpha value is -2.00. The summed E-state index contributed by atoms with van der Waals surface area (Å²) in [5, 5.41) is 0. The molecule has 0 radical (unpaired) electrons. The summed E-state index contributed by atoms with van der Waals surface area (Å²) >= 11 is 42.2. The fourth-order valence-electron chi connectivity index (χ4n) is 3.40. The van der Waals surface area contributed by atoms with Crippen LogP contribution in [0.5, 0.6) is 0 Å². The second-order valence-electron chi connectivity index (χ2n) is 9.70. The van der Waals surface area contributed by atoms with Gasteiger partial charge in [0.25, 0.3) is 0 Å². The van der Waals surface area contributed by atoms with E-state index in [0.717, 1.165) is 0 Å². The molecule has 0 saturated carbocycles. The molecule has 0 aromatic carbocycles. The van der Waals surface area contributed by atoms with Gasteiger partial charge in [-0.2, -0.15) is 0 Å². The third kappa shape index (κ3) is 23.2. The van der Waals surface area contributed by atoms with Gasteiger partial charge >= 0.3 is 43.4 Å². The maximum absolute atomic E-state index is 11.6. The van der Waals surface area contributed by atoms with Gasteiger partial charge in [0.2, 0.25) is 0 Å². The summed E-state index contributed by atoms with van der Waals surface area (Å²) in [5.74, 6) is 0. The molecule has 0 saturated heterocycles. The molecule has 49 heavy (non-hydrogen) atoms. The highest BCUT2D eigenvalue weighted by atomic mass is 35.5. The molecule has 0 fully saturated rings. The number of rotatable bonds is 24. The first-order valence-electron chi connectivity index (χ1n) is 12.5. The molecular weight excluding hydrogens is 848 g/mol. The highest BCUT2D eigenvalue weighted by molar-refractivity contribution is 6.63. The normalized spacial score (nSPS) is 11.4. The van der Waals surface area contributed by atoms with Crippen LogP contribution in [0.4, 0.5) is 38.4 Å². The molecule has 0 aliphatic carbocycles. The third-order valence-electron chi connectivity index (χ3n) is 5.57. The van der Waals surface area contributed by atoms with E-state index in [1.165, 1.54) is 0 Å². The van der Waals surface area contributed by atoms with Gasteiger partial charge in [-0.05, 0) is 0 Å². The van der Waals surface area contributed by atoms with Crippen LogP contribution in [0.2, 0.25) is 0 Å². The van der Waals surface area contributed by atoms with Crippen molar-refractivity contribution in [1.82, 2.24) is 0 Å². The Morgan fingerprint density at radius 3 is 0.510 bits per heavy atom. The van der Waals surface area contributed by atoms with Crippen molar-refractivity contribution in [3.8, 4) is 0 Å². The Bertz CT molecular complexity index is 992. The summed E-state index contributed by atoms with van der Waals surface area (Å²) in [4.78, 5) is 91.1. The SMILES string of the molecule is O=C(Cl)OCC(COCC(COC(=O)Cl)(COC(=O)Cl)COC(=O)Cl)(COCC(COC(=O)Cl)(COC(=O)Cl)COC(=O)Cl)COC(=O)Cl. The summed E-state index contributed by atoms with van der Waals surface area (Å²) < 4.78 is 49.9. The fourth-order valence-corrected chi connectivity index (χ4v) is 3.83. The highest BCUT2D eigenvalue weighted by Gasteiger charge is 2.42. The molecule has 0 atom stereocenters. The lowest BCUT2D eigenvalue weighted by molar-refractivity contribution is -0.125. The molecule has 0 unspecified atom stereocenters. The molecule has 0 rings (SSSR count). The highest BCUT2D eigenvalue weighted by Crippen LogP contribution is 2.29. The van der Waals surface area contributed by atoms with E-state index in [1.54, 1.807) is 0 Å². The van der Waals surface area contributed by atoms with Crippen molar-refractivity contribution in [3.63, 3.8) is 0 Å². The van der Waals surface area contributed by atoms with Crippen molar-refractivity contribution in [1.29, 1.82) is 0 Å². The van der Waals surface area contributed by atoms with Crippen molar-refractivity contribution in [3.05, 3.63) is 0 Å².